The summed E-state index contributed by atoms with van der Waals surface area (Å²) in [4.78, 5) is 47.7. The highest BCUT2D eigenvalue weighted by Crippen LogP contribution is 2.22. The summed E-state index contributed by atoms with van der Waals surface area (Å²) >= 11 is 0. The molecule has 0 bridgehead atoms. The third kappa shape index (κ3) is 10.1. The third-order valence-electron chi connectivity index (χ3n) is 6.95. The first-order valence-electron chi connectivity index (χ1n) is 13.9. The Hall–Kier alpha value is -4.54. The van der Waals surface area contributed by atoms with Crippen molar-refractivity contribution in [2.75, 3.05) is 44.6 Å². The van der Waals surface area contributed by atoms with Crippen LogP contribution in [0.1, 0.15) is 31.0 Å². The molecule has 3 aromatic rings. The number of benzene rings is 3. The van der Waals surface area contributed by atoms with Crippen LogP contribution in [0.4, 0.5) is 5.69 Å². The minimum atomic E-state index is -1.82. The summed E-state index contributed by atoms with van der Waals surface area (Å²) in [5, 5.41) is 21.0. The average molecular weight is 575 g/mol. The number of piperazine rings is 1. The number of carboxylic acids is 2. The van der Waals surface area contributed by atoms with E-state index in [1.54, 1.807) is 0 Å². The molecule has 1 heterocycles. The maximum absolute atomic E-state index is 12.7. The van der Waals surface area contributed by atoms with Crippen molar-refractivity contribution in [3.05, 3.63) is 90.0 Å². The van der Waals surface area contributed by atoms with E-state index in [0.29, 0.717) is 13.1 Å². The second-order valence-electron chi connectivity index (χ2n) is 10.00. The van der Waals surface area contributed by atoms with Crippen LogP contribution >= 0.6 is 0 Å². The molecule has 2 amide bonds. The number of para-hydroxylation sites is 1. The molecule has 10 nitrogen and oxygen atoms in total. The van der Waals surface area contributed by atoms with Gasteiger partial charge in [0, 0.05) is 31.9 Å². The van der Waals surface area contributed by atoms with Crippen LogP contribution in [0.2, 0.25) is 0 Å². The van der Waals surface area contributed by atoms with Gasteiger partial charge in [0.25, 0.3) is 0 Å². The van der Waals surface area contributed by atoms with Gasteiger partial charge in [-0.2, -0.15) is 0 Å². The van der Waals surface area contributed by atoms with E-state index < -0.39 is 11.9 Å². The molecule has 222 valence electrons. The van der Waals surface area contributed by atoms with E-state index in [-0.39, 0.29) is 17.9 Å². The molecule has 1 saturated heterocycles. The van der Waals surface area contributed by atoms with Crippen molar-refractivity contribution < 1.29 is 29.4 Å². The number of carboxylic acid groups (broad SMARTS) is 2. The fraction of sp³-hybridized carbons (Fsp3) is 0.312. The standard InChI is InChI=1S/C30H36N4O2.C2H2O4/c1-3-24-9-7-8-12-28(24)32-30(36)22-34-19-17-33(18-20-34)21-29(35)31-23(2)25-13-15-27(16-14-25)26-10-5-4-6-11-26;3-1(4)2(5)6/h4-16,23H,3,17-22H2,1-2H3,(H,31,35)(H,32,36);(H,3,4)(H,5,6). The number of anilines is 1. The van der Waals surface area contributed by atoms with E-state index >= 15 is 0 Å². The van der Waals surface area contributed by atoms with Gasteiger partial charge in [0.05, 0.1) is 19.1 Å². The van der Waals surface area contributed by atoms with Gasteiger partial charge >= 0.3 is 11.9 Å². The molecule has 3 aromatic carbocycles. The quantitative estimate of drug-likeness (QED) is 0.285. The van der Waals surface area contributed by atoms with Gasteiger partial charge in [-0.25, -0.2) is 9.59 Å². The third-order valence-corrected chi connectivity index (χ3v) is 6.95. The van der Waals surface area contributed by atoms with Crippen molar-refractivity contribution in [2.45, 2.75) is 26.3 Å². The number of hydrogen-bond acceptors (Lipinski definition) is 6. The van der Waals surface area contributed by atoms with E-state index in [1.807, 2.05) is 49.4 Å². The molecule has 0 saturated carbocycles. The topological polar surface area (TPSA) is 139 Å². The maximum Gasteiger partial charge on any atom is 0.414 e. The van der Waals surface area contributed by atoms with Gasteiger partial charge in [0.1, 0.15) is 0 Å². The van der Waals surface area contributed by atoms with Gasteiger partial charge in [0.15, 0.2) is 0 Å². The Labute approximate surface area is 246 Å². The molecule has 1 aliphatic heterocycles. The smallest absolute Gasteiger partial charge is 0.414 e. The molecule has 1 unspecified atom stereocenters. The Morgan fingerprint density at radius 2 is 1.21 bits per heavy atom. The summed E-state index contributed by atoms with van der Waals surface area (Å²) in [7, 11) is 0. The first-order valence-corrected chi connectivity index (χ1v) is 13.9. The normalized spacial score (nSPS) is 14.1. The lowest BCUT2D eigenvalue weighted by molar-refractivity contribution is -0.159. The van der Waals surface area contributed by atoms with Crippen molar-refractivity contribution >= 4 is 29.4 Å². The van der Waals surface area contributed by atoms with Crippen LogP contribution in [-0.4, -0.2) is 83.0 Å². The molecule has 0 radical (unpaired) electrons. The van der Waals surface area contributed by atoms with Gasteiger partial charge in [-0.05, 0) is 41.7 Å². The molecule has 4 rings (SSSR count). The first kappa shape index (κ1) is 32.0. The van der Waals surface area contributed by atoms with Crippen molar-refractivity contribution in [1.82, 2.24) is 15.1 Å². The van der Waals surface area contributed by atoms with Crippen LogP contribution in [0, 0.1) is 0 Å². The number of aryl methyl sites for hydroxylation is 1. The molecule has 0 aromatic heterocycles. The minimum Gasteiger partial charge on any atom is -0.473 e. The van der Waals surface area contributed by atoms with E-state index in [2.05, 4.69) is 63.8 Å². The number of hydrogen-bond donors (Lipinski definition) is 4. The molecule has 0 spiro atoms. The highest BCUT2D eigenvalue weighted by Gasteiger charge is 2.21. The van der Waals surface area contributed by atoms with Crippen LogP contribution in [0.25, 0.3) is 11.1 Å². The summed E-state index contributed by atoms with van der Waals surface area (Å²) < 4.78 is 0. The van der Waals surface area contributed by atoms with Gasteiger partial charge < -0.3 is 20.8 Å². The summed E-state index contributed by atoms with van der Waals surface area (Å²) in [6.07, 6.45) is 0.884. The van der Waals surface area contributed by atoms with Gasteiger partial charge in [-0.15, -0.1) is 0 Å². The van der Waals surface area contributed by atoms with Crippen molar-refractivity contribution in [2.24, 2.45) is 0 Å². The summed E-state index contributed by atoms with van der Waals surface area (Å²) in [6.45, 7) is 7.92. The molecule has 0 aliphatic carbocycles. The lowest BCUT2D eigenvalue weighted by atomic mass is 10.0. The van der Waals surface area contributed by atoms with Gasteiger partial charge in [-0.1, -0.05) is 79.7 Å². The SMILES string of the molecule is CCc1ccccc1NC(=O)CN1CCN(CC(=O)NC(C)c2ccc(-c3ccccc3)cc2)CC1.O=C(O)C(=O)O. The van der Waals surface area contributed by atoms with Crippen LogP contribution in [0.15, 0.2) is 78.9 Å². The largest absolute Gasteiger partial charge is 0.473 e. The Bertz CT molecular complexity index is 1330. The van der Waals surface area contributed by atoms with E-state index in [1.165, 1.54) is 11.1 Å². The minimum absolute atomic E-state index is 0.00852. The fourth-order valence-electron chi connectivity index (χ4n) is 4.62. The summed E-state index contributed by atoms with van der Waals surface area (Å²) in [6, 6.07) is 26.5. The van der Waals surface area contributed by atoms with Crippen LogP contribution in [-0.2, 0) is 25.6 Å². The van der Waals surface area contributed by atoms with Crippen molar-refractivity contribution in [1.29, 1.82) is 0 Å². The molecule has 10 heteroatoms. The highest BCUT2D eigenvalue weighted by atomic mass is 16.4. The molecule has 1 fully saturated rings. The lowest BCUT2D eigenvalue weighted by Gasteiger charge is -2.34. The molecule has 4 N–H and O–H groups in total. The Morgan fingerprint density at radius 3 is 1.76 bits per heavy atom. The predicted molar refractivity (Wildman–Crippen MR) is 161 cm³/mol. The maximum atomic E-state index is 12.7. The Kier molecular flexibility index (Phi) is 12.2. The van der Waals surface area contributed by atoms with Crippen LogP contribution in [0.3, 0.4) is 0 Å². The highest BCUT2D eigenvalue weighted by molar-refractivity contribution is 6.27. The molecule has 42 heavy (non-hydrogen) atoms. The van der Waals surface area contributed by atoms with Gasteiger partial charge in [0.2, 0.25) is 11.8 Å². The Balaban J connectivity index is 0.000000730. The number of nitrogens with zero attached hydrogens (tertiary/aromatic N) is 2. The molecule has 1 aliphatic rings. The second kappa shape index (κ2) is 16.0. The number of carbonyl (C=O) groups excluding carboxylic acids is 2. The zero-order valence-electron chi connectivity index (χ0n) is 24.0. The Morgan fingerprint density at radius 1 is 0.714 bits per heavy atom. The van der Waals surface area contributed by atoms with Gasteiger partial charge in [-0.3, -0.25) is 19.4 Å². The number of amides is 2. The number of nitrogens with one attached hydrogen (secondary N) is 2. The zero-order valence-corrected chi connectivity index (χ0v) is 24.0. The number of carbonyl (C=O) groups is 4. The predicted octanol–water partition coefficient (Wildman–Crippen LogP) is 3.51. The van der Waals surface area contributed by atoms with Crippen LogP contribution in [0.5, 0.6) is 0 Å². The van der Waals surface area contributed by atoms with Crippen molar-refractivity contribution in [3.8, 4) is 11.1 Å². The van der Waals surface area contributed by atoms with Crippen molar-refractivity contribution in [3.63, 3.8) is 0 Å². The first-order chi connectivity index (χ1) is 20.2. The monoisotopic (exact) mass is 574 g/mol. The summed E-state index contributed by atoms with van der Waals surface area (Å²) in [5.41, 5.74) is 5.47. The van der Waals surface area contributed by atoms with Crippen LogP contribution < -0.4 is 10.6 Å². The second-order valence-corrected chi connectivity index (χ2v) is 10.00. The van der Waals surface area contributed by atoms with E-state index in [0.717, 1.165) is 49.4 Å². The van der Waals surface area contributed by atoms with E-state index in [9.17, 15) is 9.59 Å². The number of aliphatic carboxylic acids is 2. The fourth-order valence-corrected chi connectivity index (χ4v) is 4.62. The zero-order chi connectivity index (χ0) is 30.5. The summed E-state index contributed by atoms with van der Waals surface area (Å²) in [5.74, 6) is -3.61. The average Bonchev–Trinajstić information content (AvgIpc) is 2.99. The molecule has 1 atom stereocenters. The van der Waals surface area contributed by atoms with E-state index in [4.69, 9.17) is 19.8 Å². The number of rotatable bonds is 9. The molecular weight excluding hydrogens is 536 g/mol. The molecular formula is C32H38N4O6. The lowest BCUT2D eigenvalue weighted by Crippen LogP contribution is -2.51.